The van der Waals surface area contributed by atoms with Crippen LogP contribution in [0.4, 0.5) is 0 Å². The number of aromatic nitrogens is 2. The lowest BCUT2D eigenvalue weighted by molar-refractivity contribution is 0.104. The van der Waals surface area contributed by atoms with Gasteiger partial charge >= 0.3 is 0 Å². The van der Waals surface area contributed by atoms with Gasteiger partial charge in [-0.25, -0.2) is 0 Å². The molecule has 2 rings (SSSR count). The molecule has 18 heavy (non-hydrogen) atoms. The Hall–Kier alpha value is -1.95. The highest BCUT2D eigenvalue weighted by Gasteiger charge is 2.17. The van der Waals surface area contributed by atoms with Crippen LogP contribution in [0.25, 0.3) is 0 Å². The summed E-state index contributed by atoms with van der Waals surface area (Å²) in [6, 6.07) is 5.06. The van der Waals surface area contributed by atoms with Crippen molar-refractivity contribution in [3.63, 3.8) is 0 Å². The predicted octanol–water partition coefficient (Wildman–Crippen LogP) is 2.09. The van der Waals surface area contributed by atoms with Crippen LogP contribution in [0.15, 0.2) is 18.2 Å². The molecule has 0 N–H and O–H groups in total. The van der Waals surface area contributed by atoms with Crippen molar-refractivity contribution in [2.45, 2.75) is 6.92 Å². The minimum absolute atomic E-state index is 0.125. The summed E-state index contributed by atoms with van der Waals surface area (Å²) in [6.07, 6.45) is 0. The van der Waals surface area contributed by atoms with Gasteiger partial charge in [-0.3, -0.25) is 4.79 Å². The number of nitrogens with zero attached hydrogens (tertiary/aromatic N) is 2. The van der Waals surface area contributed by atoms with E-state index in [0.717, 1.165) is 11.5 Å². The number of rotatable bonds is 4. The van der Waals surface area contributed by atoms with E-state index in [0.29, 0.717) is 27.6 Å². The number of benzene rings is 1. The number of hydrogen-bond donors (Lipinski definition) is 0. The molecular formula is C12H12N2O3S. The van der Waals surface area contributed by atoms with Gasteiger partial charge in [0.05, 0.1) is 19.9 Å². The Balaban J connectivity index is 2.44. The van der Waals surface area contributed by atoms with Gasteiger partial charge in [-0.1, -0.05) is 4.49 Å². The molecular weight excluding hydrogens is 252 g/mol. The molecule has 0 aliphatic carbocycles. The topological polar surface area (TPSA) is 61.3 Å². The number of carbonyl (C=O) groups is 1. The molecule has 0 atom stereocenters. The molecule has 0 fully saturated rings. The molecule has 1 aromatic heterocycles. The van der Waals surface area contributed by atoms with Crippen LogP contribution in [0.1, 0.15) is 20.9 Å². The van der Waals surface area contributed by atoms with Crippen molar-refractivity contribution in [3.8, 4) is 11.5 Å². The monoisotopic (exact) mass is 264 g/mol. The predicted molar refractivity (Wildman–Crippen MR) is 67.6 cm³/mol. The Morgan fingerprint density at radius 1 is 1.17 bits per heavy atom. The Morgan fingerprint density at radius 2 is 1.78 bits per heavy atom. The van der Waals surface area contributed by atoms with E-state index < -0.39 is 0 Å². The van der Waals surface area contributed by atoms with Crippen molar-refractivity contribution in [2.75, 3.05) is 14.2 Å². The standard InChI is InChI=1S/C12H12N2O3S/c1-7-12(18-14-13-7)11(15)8-4-9(16-2)6-10(5-8)17-3/h4-6H,1-3H3. The van der Waals surface area contributed by atoms with Crippen LogP contribution < -0.4 is 9.47 Å². The number of aryl methyl sites for hydroxylation is 1. The van der Waals surface area contributed by atoms with Crippen LogP contribution in [0.5, 0.6) is 11.5 Å². The summed E-state index contributed by atoms with van der Waals surface area (Å²) >= 11 is 1.09. The molecule has 0 amide bonds. The fourth-order valence-corrected chi connectivity index (χ4v) is 2.13. The van der Waals surface area contributed by atoms with Gasteiger partial charge in [0.2, 0.25) is 5.78 Å². The van der Waals surface area contributed by atoms with E-state index in [1.807, 2.05) is 0 Å². The van der Waals surface area contributed by atoms with Gasteiger partial charge in [-0.05, 0) is 30.6 Å². The van der Waals surface area contributed by atoms with Gasteiger partial charge in [0.15, 0.2) is 0 Å². The van der Waals surface area contributed by atoms with E-state index in [1.165, 1.54) is 0 Å². The van der Waals surface area contributed by atoms with Gasteiger partial charge in [0, 0.05) is 11.6 Å². The molecule has 6 heteroatoms. The molecule has 0 aliphatic heterocycles. The average molecular weight is 264 g/mol. The molecule has 2 aromatic rings. The Labute approximate surface area is 109 Å². The summed E-state index contributed by atoms with van der Waals surface area (Å²) in [6.45, 7) is 1.76. The molecule has 0 radical (unpaired) electrons. The smallest absolute Gasteiger partial charge is 0.206 e. The minimum atomic E-state index is -0.125. The first kappa shape index (κ1) is 12.5. The van der Waals surface area contributed by atoms with Crippen molar-refractivity contribution >= 4 is 17.3 Å². The summed E-state index contributed by atoms with van der Waals surface area (Å²) in [5.41, 5.74) is 1.13. The number of carbonyl (C=O) groups excluding carboxylic acids is 1. The SMILES string of the molecule is COc1cc(OC)cc(C(=O)c2snnc2C)c1. The van der Waals surface area contributed by atoms with E-state index >= 15 is 0 Å². The van der Waals surface area contributed by atoms with Crippen LogP contribution in [0.3, 0.4) is 0 Å². The second kappa shape index (κ2) is 5.14. The first-order chi connectivity index (χ1) is 8.65. The zero-order valence-electron chi connectivity index (χ0n) is 10.3. The quantitative estimate of drug-likeness (QED) is 0.791. The summed E-state index contributed by atoms with van der Waals surface area (Å²) in [5, 5.41) is 3.83. The largest absolute Gasteiger partial charge is 0.497 e. The maximum absolute atomic E-state index is 12.3. The fraction of sp³-hybridized carbons (Fsp3) is 0.250. The zero-order valence-corrected chi connectivity index (χ0v) is 11.1. The average Bonchev–Trinajstić information content (AvgIpc) is 2.83. The van der Waals surface area contributed by atoms with Crippen molar-refractivity contribution < 1.29 is 14.3 Å². The van der Waals surface area contributed by atoms with E-state index in [1.54, 1.807) is 39.3 Å². The van der Waals surface area contributed by atoms with Crippen molar-refractivity contribution in [1.29, 1.82) is 0 Å². The molecule has 0 saturated heterocycles. The summed E-state index contributed by atoms with van der Waals surface area (Å²) in [4.78, 5) is 12.8. The van der Waals surface area contributed by atoms with E-state index in [-0.39, 0.29) is 5.78 Å². The molecule has 0 aliphatic rings. The number of hydrogen-bond acceptors (Lipinski definition) is 6. The molecule has 94 valence electrons. The maximum atomic E-state index is 12.3. The normalized spacial score (nSPS) is 10.2. The first-order valence-corrected chi connectivity index (χ1v) is 5.99. The molecule has 5 nitrogen and oxygen atoms in total. The number of ketones is 1. The first-order valence-electron chi connectivity index (χ1n) is 5.22. The number of methoxy groups -OCH3 is 2. The van der Waals surface area contributed by atoms with Crippen LogP contribution in [0.2, 0.25) is 0 Å². The lowest BCUT2D eigenvalue weighted by Gasteiger charge is -2.07. The third-order valence-corrected chi connectivity index (χ3v) is 3.30. The second-order valence-electron chi connectivity index (χ2n) is 3.62. The summed E-state index contributed by atoms with van der Waals surface area (Å²) < 4.78 is 14.0. The highest BCUT2D eigenvalue weighted by molar-refractivity contribution is 7.08. The van der Waals surface area contributed by atoms with Crippen LogP contribution in [-0.4, -0.2) is 29.6 Å². The molecule has 0 spiro atoms. The third kappa shape index (κ3) is 2.33. The van der Waals surface area contributed by atoms with Crippen LogP contribution >= 0.6 is 11.5 Å². The van der Waals surface area contributed by atoms with E-state index in [9.17, 15) is 4.79 Å². The van der Waals surface area contributed by atoms with E-state index in [4.69, 9.17) is 9.47 Å². The van der Waals surface area contributed by atoms with Gasteiger partial charge in [-0.2, -0.15) is 0 Å². The van der Waals surface area contributed by atoms with Gasteiger partial charge in [-0.15, -0.1) is 5.10 Å². The van der Waals surface area contributed by atoms with E-state index in [2.05, 4.69) is 9.59 Å². The van der Waals surface area contributed by atoms with Gasteiger partial charge < -0.3 is 9.47 Å². The van der Waals surface area contributed by atoms with Gasteiger partial charge in [0.1, 0.15) is 16.4 Å². The number of ether oxygens (including phenoxy) is 2. The molecule has 0 unspecified atom stereocenters. The second-order valence-corrected chi connectivity index (χ2v) is 4.37. The molecule has 0 bridgehead atoms. The lowest BCUT2D eigenvalue weighted by Crippen LogP contribution is -2.02. The third-order valence-electron chi connectivity index (χ3n) is 2.47. The molecule has 1 aromatic carbocycles. The van der Waals surface area contributed by atoms with Crippen molar-refractivity contribution in [1.82, 2.24) is 9.59 Å². The Morgan fingerprint density at radius 3 is 2.22 bits per heavy atom. The van der Waals surface area contributed by atoms with Crippen LogP contribution in [0, 0.1) is 6.92 Å². The highest BCUT2D eigenvalue weighted by atomic mass is 32.1. The fourth-order valence-electron chi connectivity index (χ4n) is 1.51. The Kier molecular flexibility index (Phi) is 3.57. The highest BCUT2D eigenvalue weighted by Crippen LogP contribution is 2.25. The molecule has 0 saturated carbocycles. The molecule has 1 heterocycles. The maximum Gasteiger partial charge on any atom is 0.206 e. The van der Waals surface area contributed by atoms with Crippen molar-refractivity contribution in [2.24, 2.45) is 0 Å². The van der Waals surface area contributed by atoms with Crippen LogP contribution in [-0.2, 0) is 0 Å². The minimum Gasteiger partial charge on any atom is -0.497 e. The zero-order chi connectivity index (χ0) is 13.1. The summed E-state index contributed by atoms with van der Waals surface area (Å²) in [5.74, 6) is 1.03. The van der Waals surface area contributed by atoms with Gasteiger partial charge in [0.25, 0.3) is 0 Å². The Bertz CT molecular complexity index is 558. The summed E-state index contributed by atoms with van der Waals surface area (Å²) in [7, 11) is 3.09. The van der Waals surface area contributed by atoms with Crippen molar-refractivity contribution in [3.05, 3.63) is 34.3 Å². The lowest BCUT2D eigenvalue weighted by atomic mass is 10.1.